The summed E-state index contributed by atoms with van der Waals surface area (Å²) in [5.41, 5.74) is 6.84. The lowest BCUT2D eigenvalue weighted by Gasteiger charge is -2.33. The number of primary amides is 1. The Bertz CT molecular complexity index is 768. The van der Waals surface area contributed by atoms with Crippen LogP contribution in [0.3, 0.4) is 0 Å². The minimum atomic E-state index is -0.731. The summed E-state index contributed by atoms with van der Waals surface area (Å²) in [5.74, 6) is -2.16. The van der Waals surface area contributed by atoms with Gasteiger partial charge in [0, 0.05) is 12.1 Å². The molecular weight excluding hydrogens is 374 g/mol. The normalized spacial score (nSPS) is 16.8. The number of benzene rings is 1. The van der Waals surface area contributed by atoms with Gasteiger partial charge in [0.15, 0.2) is 6.61 Å². The molecule has 1 aromatic rings. The van der Waals surface area contributed by atoms with Crippen LogP contribution in [0.2, 0.25) is 0 Å². The van der Waals surface area contributed by atoms with Crippen LogP contribution in [0.15, 0.2) is 24.3 Å². The van der Waals surface area contributed by atoms with E-state index in [2.05, 4.69) is 26.1 Å². The smallest absolute Gasteiger partial charge is 0.325 e. The number of nitrogens with zero attached hydrogens (tertiary/aromatic N) is 1. The van der Waals surface area contributed by atoms with Crippen LogP contribution >= 0.6 is 0 Å². The van der Waals surface area contributed by atoms with Crippen molar-refractivity contribution in [2.24, 2.45) is 5.73 Å². The van der Waals surface area contributed by atoms with Crippen LogP contribution in [0, 0.1) is 0 Å². The predicted molar refractivity (Wildman–Crippen MR) is 107 cm³/mol. The zero-order valence-electron chi connectivity index (χ0n) is 17.2. The van der Waals surface area contributed by atoms with Gasteiger partial charge in [-0.25, -0.2) is 0 Å². The van der Waals surface area contributed by atoms with Crippen LogP contribution in [-0.2, 0) is 24.5 Å². The molecule has 1 atom stereocenters. The summed E-state index contributed by atoms with van der Waals surface area (Å²) < 4.78 is 4.94. The number of nitrogens with one attached hydrogen (secondary N) is 1. The fraction of sp³-hybridized carbons (Fsp3) is 0.524. The molecule has 0 aliphatic carbocycles. The maximum atomic E-state index is 12.2. The van der Waals surface area contributed by atoms with E-state index in [0.29, 0.717) is 18.5 Å². The first-order valence-electron chi connectivity index (χ1n) is 9.72. The van der Waals surface area contributed by atoms with Crippen LogP contribution in [-0.4, -0.2) is 54.3 Å². The molecule has 158 valence electrons. The Kier molecular flexibility index (Phi) is 7.36. The molecule has 1 aromatic carbocycles. The fourth-order valence-corrected chi connectivity index (χ4v) is 3.18. The van der Waals surface area contributed by atoms with E-state index < -0.39 is 36.3 Å². The van der Waals surface area contributed by atoms with E-state index in [4.69, 9.17) is 10.5 Å². The number of piperidine rings is 1. The van der Waals surface area contributed by atoms with Gasteiger partial charge < -0.3 is 20.7 Å². The molecule has 0 unspecified atom stereocenters. The zero-order chi connectivity index (χ0) is 21.6. The molecule has 0 aromatic heterocycles. The zero-order valence-corrected chi connectivity index (χ0v) is 17.2. The number of rotatable bonds is 6. The van der Waals surface area contributed by atoms with Crippen molar-refractivity contribution in [3.63, 3.8) is 0 Å². The molecule has 0 spiro atoms. The molecule has 0 radical (unpaired) electrons. The van der Waals surface area contributed by atoms with Gasteiger partial charge in [0.25, 0.3) is 11.8 Å². The van der Waals surface area contributed by atoms with E-state index in [1.165, 1.54) is 4.90 Å². The van der Waals surface area contributed by atoms with Crippen LogP contribution in [0.1, 0.15) is 56.0 Å². The summed E-state index contributed by atoms with van der Waals surface area (Å²) in [6.45, 7) is 5.80. The van der Waals surface area contributed by atoms with E-state index >= 15 is 0 Å². The third-order valence-electron chi connectivity index (χ3n) is 4.91. The number of nitrogens with two attached hydrogens (primary N) is 1. The number of amides is 3. The fourth-order valence-electron chi connectivity index (χ4n) is 3.18. The molecule has 3 N–H and O–H groups in total. The van der Waals surface area contributed by atoms with Crippen molar-refractivity contribution in [2.75, 3.05) is 19.7 Å². The first-order valence-corrected chi connectivity index (χ1v) is 9.72. The minimum Gasteiger partial charge on any atom is -0.454 e. The molecular formula is C21H29N3O5. The second kappa shape index (κ2) is 9.54. The molecule has 1 aliphatic rings. The SMILES string of the molecule is CC(C)(C)c1ccc(C(=O)NCC(=O)OCC(=O)N2CCCC[C@H]2C(N)=O)cc1. The summed E-state index contributed by atoms with van der Waals surface area (Å²) in [6.07, 6.45) is 2.10. The average molecular weight is 403 g/mol. The number of esters is 1. The molecule has 1 heterocycles. The lowest BCUT2D eigenvalue weighted by Crippen LogP contribution is -2.51. The van der Waals surface area contributed by atoms with Gasteiger partial charge in [-0.3, -0.25) is 19.2 Å². The largest absolute Gasteiger partial charge is 0.454 e. The second-order valence-corrected chi connectivity index (χ2v) is 8.17. The van der Waals surface area contributed by atoms with Gasteiger partial charge in [-0.15, -0.1) is 0 Å². The van der Waals surface area contributed by atoms with Crippen LogP contribution in [0.4, 0.5) is 0 Å². The first kappa shape index (κ1) is 22.4. The van der Waals surface area contributed by atoms with E-state index in [1.807, 2.05) is 12.1 Å². The number of hydrogen-bond donors (Lipinski definition) is 2. The quantitative estimate of drug-likeness (QED) is 0.690. The lowest BCUT2D eigenvalue weighted by molar-refractivity contribution is -0.154. The van der Waals surface area contributed by atoms with Gasteiger partial charge in [-0.05, 0) is 42.4 Å². The van der Waals surface area contributed by atoms with Crippen molar-refractivity contribution < 1.29 is 23.9 Å². The van der Waals surface area contributed by atoms with Gasteiger partial charge in [0.05, 0.1) is 0 Å². The van der Waals surface area contributed by atoms with Crippen molar-refractivity contribution in [2.45, 2.75) is 51.5 Å². The molecule has 0 bridgehead atoms. The molecule has 1 fully saturated rings. The second-order valence-electron chi connectivity index (χ2n) is 8.17. The number of carbonyl (C=O) groups is 4. The van der Waals surface area contributed by atoms with Gasteiger partial charge in [0.1, 0.15) is 12.6 Å². The molecule has 8 heteroatoms. The van der Waals surface area contributed by atoms with Gasteiger partial charge >= 0.3 is 5.97 Å². The van der Waals surface area contributed by atoms with E-state index in [1.54, 1.807) is 12.1 Å². The predicted octanol–water partition coefficient (Wildman–Crippen LogP) is 1.12. The van der Waals surface area contributed by atoms with Crippen molar-refractivity contribution in [3.05, 3.63) is 35.4 Å². The number of ether oxygens (including phenoxy) is 1. The Morgan fingerprint density at radius 1 is 1.14 bits per heavy atom. The molecule has 3 amide bonds. The molecule has 2 rings (SSSR count). The maximum absolute atomic E-state index is 12.2. The highest BCUT2D eigenvalue weighted by molar-refractivity contribution is 5.96. The standard InChI is InChI=1S/C21H29N3O5/c1-21(2,3)15-9-7-14(8-10-15)20(28)23-12-18(26)29-13-17(25)24-11-5-4-6-16(24)19(22)27/h7-10,16H,4-6,11-13H2,1-3H3,(H2,22,27)(H,23,28)/t16-/m0/s1. The Balaban J connectivity index is 1.80. The highest BCUT2D eigenvalue weighted by atomic mass is 16.5. The van der Waals surface area contributed by atoms with Gasteiger partial charge in [-0.2, -0.15) is 0 Å². The molecule has 1 saturated heterocycles. The number of likely N-dealkylation sites (tertiary alicyclic amines) is 1. The van der Waals surface area contributed by atoms with Gasteiger partial charge in [0.2, 0.25) is 5.91 Å². The summed E-state index contributed by atoms with van der Waals surface area (Å²) in [7, 11) is 0. The van der Waals surface area contributed by atoms with Gasteiger partial charge in [-0.1, -0.05) is 32.9 Å². The molecule has 1 aliphatic heterocycles. The summed E-state index contributed by atoms with van der Waals surface area (Å²) in [5, 5.41) is 2.47. The number of hydrogen-bond acceptors (Lipinski definition) is 5. The summed E-state index contributed by atoms with van der Waals surface area (Å²) in [6, 6.07) is 6.49. The molecule has 0 saturated carbocycles. The molecule has 8 nitrogen and oxygen atoms in total. The summed E-state index contributed by atoms with van der Waals surface area (Å²) in [4.78, 5) is 49.1. The minimum absolute atomic E-state index is 0.0206. The van der Waals surface area contributed by atoms with E-state index in [0.717, 1.165) is 18.4 Å². The summed E-state index contributed by atoms with van der Waals surface area (Å²) >= 11 is 0. The van der Waals surface area contributed by atoms with E-state index in [-0.39, 0.29) is 12.0 Å². The number of carbonyl (C=O) groups excluding carboxylic acids is 4. The van der Waals surface area contributed by atoms with E-state index in [9.17, 15) is 19.2 Å². The van der Waals surface area contributed by atoms with Crippen LogP contribution in [0.25, 0.3) is 0 Å². The third kappa shape index (κ3) is 6.30. The topological polar surface area (TPSA) is 119 Å². The Hall–Kier alpha value is -2.90. The van der Waals surface area contributed by atoms with Crippen molar-refractivity contribution in [1.82, 2.24) is 10.2 Å². The van der Waals surface area contributed by atoms with Crippen molar-refractivity contribution in [3.8, 4) is 0 Å². The monoisotopic (exact) mass is 403 g/mol. The lowest BCUT2D eigenvalue weighted by atomic mass is 9.87. The Labute approximate surface area is 170 Å². The van der Waals surface area contributed by atoms with Crippen LogP contribution < -0.4 is 11.1 Å². The highest BCUT2D eigenvalue weighted by Crippen LogP contribution is 2.22. The molecule has 29 heavy (non-hydrogen) atoms. The van der Waals surface area contributed by atoms with Crippen LogP contribution in [0.5, 0.6) is 0 Å². The first-order chi connectivity index (χ1) is 13.6. The maximum Gasteiger partial charge on any atom is 0.325 e. The Morgan fingerprint density at radius 2 is 1.79 bits per heavy atom. The van der Waals surface area contributed by atoms with Crippen molar-refractivity contribution >= 4 is 23.7 Å². The van der Waals surface area contributed by atoms with Crippen molar-refractivity contribution in [1.29, 1.82) is 0 Å². The third-order valence-corrected chi connectivity index (χ3v) is 4.91. The highest BCUT2D eigenvalue weighted by Gasteiger charge is 2.31. The Morgan fingerprint density at radius 3 is 2.38 bits per heavy atom. The average Bonchev–Trinajstić information content (AvgIpc) is 2.69.